The Hall–Kier alpha value is -5.48. The van der Waals surface area contributed by atoms with E-state index in [9.17, 15) is 5.11 Å². The molecule has 0 amide bonds. The first-order valence-electron chi connectivity index (χ1n) is 18.9. The lowest BCUT2D eigenvalue weighted by Gasteiger charge is -2.23. The predicted molar refractivity (Wildman–Crippen MR) is 224 cm³/mol. The van der Waals surface area contributed by atoms with Crippen molar-refractivity contribution in [3.05, 3.63) is 137 Å². The first-order chi connectivity index (χ1) is 25.3. The molecule has 0 bridgehead atoms. The second-order valence-corrected chi connectivity index (χ2v) is 16.3. The van der Waals surface area contributed by atoms with E-state index in [1.165, 1.54) is 33.0 Å². The molecule has 0 fully saturated rings. The number of para-hydroxylation sites is 1. The number of fused-ring (bicyclic) bond motifs is 2. The van der Waals surface area contributed by atoms with Crippen LogP contribution in [0.2, 0.25) is 0 Å². The lowest BCUT2D eigenvalue weighted by molar-refractivity contribution is 0.473. The van der Waals surface area contributed by atoms with E-state index in [0.717, 1.165) is 38.9 Å². The van der Waals surface area contributed by atoms with Gasteiger partial charge in [0.2, 0.25) is 5.89 Å². The molecule has 7 rings (SSSR count). The maximum Gasteiger partial charge on any atom is 0.229 e. The Balaban J connectivity index is 1.46. The first kappa shape index (κ1) is 35.9. The number of aromatic nitrogens is 1. The number of phenols is 1. The topological polar surface area (TPSA) is 58.6 Å². The zero-order valence-electron chi connectivity index (χ0n) is 32.5. The molecule has 0 saturated heterocycles. The minimum Gasteiger partial charge on any atom is -0.507 e. The molecular weight excluding hydrogens is 649 g/mol. The molecular formula is C49H50N2O2. The predicted octanol–water partition coefficient (Wildman–Crippen LogP) is 14.1. The van der Waals surface area contributed by atoms with Crippen LogP contribution < -0.4 is 0 Å². The average Bonchev–Trinajstić information content (AvgIpc) is 3.57. The zero-order valence-corrected chi connectivity index (χ0v) is 32.5. The summed E-state index contributed by atoms with van der Waals surface area (Å²) in [6.07, 6.45) is 1.73. The Morgan fingerprint density at radius 1 is 0.679 bits per heavy atom. The number of benzene rings is 6. The van der Waals surface area contributed by atoms with E-state index in [2.05, 4.69) is 129 Å². The standard InChI is InChI=1S/C49H50N2O2/c1-29(2)33-24-40(30(3)4)46(41(25-33)31(5)6)34-26-42(38-19-14-16-32-15-10-11-17-37(32)38)47-45(27-34)53-48(51-47)39-18-12-13-20-43(39)50-28-35-23-36(49(7,8)9)21-22-44(35)52/h10-31,52H,1-9H3. The molecule has 0 aliphatic carbocycles. The van der Waals surface area contributed by atoms with E-state index in [4.69, 9.17) is 14.4 Å². The molecule has 1 heterocycles. The van der Waals surface area contributed by atoms with Crippen molar-refractivity contribution >= 4 is 33.8 Å². The zero-order chi connectivity index (χ0) is 37.6. The van der Waals surface area contributed by atoms with Crippen molar-refractivity contribution in [2.75, 3.05) is 0 Å². The quantitative estimate of drug-likeness (QED) is 0.161. The number of aromatic hydroxyl groups is 1. The number of oxazole rings is 1. The van der Waals surface area contributed by atoms with Crippen molar-refractivity contribution in [3.8, 4) is 39.5 Å². The van der Waals surface area contributed by atoms with Crippen LogP contribution in [0.4, 0.5) is 5.69 Å². The van der Waals surface area contributed by atoms with Crippen molar-refractivity contribution in [3.63, 3.8) is 0 Å². The summed E-state index contributed by atoms with van der Waals surface area (Å²) >= 11 is 0. The Morgan fingerprint density at radius 2 is 1.34 bits per heavy atom. The van der Waals surface area contributed by atoms with Crippen LogP contribution in [-0.4, -0.2) is 16.3 Å². The van der Waals surface area contributed by atoms with Gasteiger partial charge in [0.15, 0.2) is 5.58 Å². The van der Waals surface area contributed by atoms with Gasteiger partial charge in [-0.2, -0.15) is 0 Å². The Labute approximate surface area is 314 Å². The number of nitrogens with zero attached hydrogens (tertiary/aromatic N) is 2. The molecule has 0 radical (unpaired) electrons. The van der Waals surface area contributed by atoms with Gasteiger partial charge in [-0.25, -0.2) is 4.98 Å². The van der Waals surface area contributed by atoms with E-state index < -0.39 is 0 Å². The van der Waals surface area contributed by atoms with Crippen molar-refractivity contribution < 1.29 is 9.52 Å². The number of phenolic OH excluding ortho intramolecular Hbond substituents is 1. The first-order valence-corrected chi connectivity index (χ1v) is 18.9. The largest absolute Gasteiger partial charge is 0.507 e. The van der Waals surface area contributed by atoms with Crippen LogP contribution in [0.3, 0.4) is 0 Å². The summed E-state index contributed by atoms with van der Waals surface area (Å²) in [6, 6.07) is 38.0. The summed E-state index contributed by atoms with van der Waals surface area (Å²) in [7, 11) is 0. The van der Waals surface area contributed by atoms with E-state index in [1.54, 1.807) is 12.3 Å². The highest BCUT2D eigenvalue weighted by Crippen LogP contribution is 2.44. The molecule has 0 aliphatic rings. The van der Waals surface area contributed by atoms with E-state index in [0.29, 0.717) is 34.9 Å². The minimum atomic E-state index is -0.0602. The van der Waals surface area contributed by atoms with E-state index in [1.807, 2.05) is 36.4 Å². The third kappa shape index (κ3) is 7.03. The van der Waals surface area contributed by atoms with Gasteiger partial charge in [0.05, 0.1) is 11.3 Å². The number of hydrogen-bond acceptors (Lipinski definition) is 4. The smallest absolute Gasteiger partial charge is 0.229 e. The lowest BCUT2D eigenvalue weighted by Crippen LogP contribution is -2.11. The molecule has 1 aromatic heterocycles. The monoisotopic (exact) mass is 698 g/mol. The summed E-state index contributed by atoms with van der Waals surface area (Å²) in [4.78, 5) is 10.1. The van der Waals surface area contributed by atoms with Gasteiger partial charge in [-0.05, 0) is 109 Å². The van der Waals surface area contributed by atoms with Gasteiger partial charge in [-0.3, -0.25) is 4.99 Å². The molecule has 4 heteroatoms. The van der Waals surface area contributed by atoms with E-state index in [-0.39, 0.29) is 11.2 Å². The van der Waals surface area contributed by atoms with Crippen molar-refractivity contribution in [1.82, 2.24) is 4.98 Å². The van der Waals surface area contributed by atoms with E-state index >= 15 is 0 Å². The molecule has 268 valence electrons. The Morgan fingerprint density at radius 3 is 2.04 bits per heavy atom. The Bertz CT molecular complexity index is 2460. The van der Waals surface area contributed by atoms with Crippen molar-refractivity contribution in [1.29, 1.82) is 0 Å². The van der Waals surface area contributed by atoms with Crippen molar-refractivity contribution in [2.24, 2.45) is 4.99 Å². The second kappa shape index (κ2) is 14.2. The SMILES string of the molecule is CC(C)c1cc(C(C)C)c(-c2cc(-c3cccc4ccccc34)c3nc(-c4ccccc4N=Cc4cc(C(C)(C)C)ccc4O)oc3c2)c(C(C)C)c1. The highest BCUT2D eigenvalue weighted by molar-refractivity contribution is 6.05. The summed E-state index contributed by atoms with van der Waals surface area (Å²) in [5.41, 5.74) is 13.4. The summed E-state index contributed by atoms with van der Waals surface area (Å²) in [6.45, 7) is 20.2. The molecule has 0 spiro atoms. The highest BCUT2D eigenvalue weighted by atomic mass is 16.3. The third-order valence-corrected chi connectivity index (χ3v) is 10.4. The molecule has 0 unspecified atom stereocenters. The third-order valence-electron chi connectivity index (χ3n) is 10.4. The minimum absolute atomic E-state index is 0.0602. The Kier molecular flexibility index (Phi) is 9.59. The molecule has 0 aliphatic heterocycles. The second-order valence-electron chi connectivity index (χ2n) is 16.3. The number of aliphatic imine (C=N–C) groups is 1. The van der Waals surface area contributed by atoms with Gasteiger partial charge in [0, 0.05) is 17.3 Å². The summed E-state index contributed by atoms with van der Waals surface area (Å²) < 4.78 is 6.80. The molecule has 4 nitrogen and oxygen atoms in total. The van der Waals surface area contributed by atoms with Crippen LogP contribution in [0.25, 0.3) is 55.6 Å². The van der Waals surface area contributed by atoms with Crippen LogP contribution >= 0.6 is 0 Å². The van der Waals surface area contributed by atoms with Crippen LogP contribution in [0, 0.1) is 0 Å². The fourth-order valence-corrected chi connectivity index (χ4v) is 7.27. The summed E-state index contributed by atoms with van der Waals surface area (Å²) in [5.74, 6) is 1.78. The fraction of sp³-hybridized carbons (Fsp3) is 0.265. The molecule has 53 heavy (non-hydrogen) atoms. The van der Waals surface area contributed by atoms with Crippen LogP contribution in [0.5, 0.6) is 5.75 Å². The number of hydrogen-bond donors (Lipinski definition) is 1. The van der Waals surface area contributed by atoms with Gasteiger partial charge in [0.1, 0.15) is 11.3 Å². The lowest BCUT2D eigenvalue weighted by atomic mass is 9.81. The van der Waals surface area contributed by atoms with Gasteiger partial charge < -0.3 is 9.52 Å². The molecule has 0 atom stereocenters. The molecule has 1 N–H and O–H groups in total. The molecule has 7 aromatic rings. The average molecular weight is 699 g/mol. The van der Waals surface area contributed by atoms with Crippen LogP contribution in [0.1, 0.15) is 108 Å². The fourth-order valence-electron chi connectivity index (χ4n) is 7.27. The number of rotatable bonds is 8. The highest BCUT2D eigenvalue weighted by Gasteiger charge is 2.23. The summed E-state index contributed by atoms with van der Waals surface area (Å²) in [5, 5.41) is 13.1. The van der Waals surface area contributed by atoms with Crippen LogP contribution in [-0.2, 0) is 5.41 Å². The molecule has 0 saturated carbocycles. The van der Waals surface area contributed by atoms with Gasteiger partial charge in [-0.1, -0.05) is 135 Å². The van der Waals surface area contributed by atoms with Gasteiger partial charge >= 0.3 is 0 Å². The maximum atomic E-state index is 10.7. The van der Waals surface area contributed by atoms with Crippen molar-refractivity contribution in [2.45, 2.75) is 85.5 Å². The van der Waals surface area contributed by atoms with Gasteiger partial charge in [-0.15, -0.1) is 0 Å². The van der Waals surface area contributed by atoms with Gasteiger partial charge in [0.25, 0.3) is 0 Å². The van der Waals surface area contributed by atoms with Crippen LogP contribution in [0.15, 0.2) is 119 Å². The maximum absolute atomic E-state index is 10.7. The normalized spacial score (nSPS) is 12.4. The molecule has 6 aromatic carbocycles.